The summed E-state index contributed by atoms with van der Waals surface area (Å²) in [6, 6.07) is 0. The number of phosphoric acid groups is 1. The van der Waals surface area contributed by atoms with Gasteiger partial charge in [-0.3, -0.25) is 18.6 Å². The smallest absolute Gasteiger partial charge is 0.462 e. The largest absolute Gasteiger partial charge is 0.472 e. The standard InChI is InChI=1S/C45H86NO8P/c1-3-5-7-9-11-13-15-17-19-20-21-22-24-26-28-30-32-34-36-38-45(48)54-43(42-53-55(49,50)52-40-39-46)41-51-44(47)37-35-33-31-29-27-25-23-18-16-14-12-10-8-6-4-2/h14,16-17,19,43H,3-13,15,18,20-42,46H2,1-2H3,(H,49,50)/t43-/m1/s1. The van der Waals surface area contributed by atoms with Crippen molar-refractivity contribution in [2.24, 2.45) is 5.73 Å². The van der Waals surface area contributed by atoms with E-state index in [0.717, 1.165) is 51.4 Å². The first-order valence-electron chi connectivity index (χ1n) is 22.8. The van der Waals surface area contributed by atoms with Crippen LogP contribution in [-0.4, -0.2) is 49.3 Å². The van der Waals surface area contributed by atoms with Gasteiger partial charge in [0, 0.05) is 19.4 Å². The first-order chi connectivity index (χ1) is 26.8. The van der Waals surface area contributed by atoms with Crippen molar-refractivity contribution in [2.45, 2.75) is 225 Å². The first-order valence-corrected chi connectivity index (χ1v) is 24.3. The molecular weight excluding hydrogens is 713 g/mol. The second-order valence-electron chi connectivity index (χ2n) is 15.3. The number of esters is 2. The van der Waals surface area contributed by atoms with E-state index in [9.17, 15) is 19.0 Å². The molecule has 0 rings (SSSR count). The fourth-order valence-corrected chi connectivity index (χ4v) is 7.15. The Morgan fingerprint density at radius 1 is 0.527 bits per heavy atom. The van der Waals surface area contributed by atoms with Gasteiger partial charge in [0.05, 0.1) is 13.2 Å². The highest BCUT2D eigenvalue weighted by Crippen LogP contribution is 2.43. The van der Waals surface area contributed by atoms with Crippen LogP contribution in [0.15, 0.2) is 24.3 Å². The first kappa shape index (κ1) is 53.5. The molecular formula is C45H86NO8P. The number of hydrogen-bond donors (Lipinski definition) is 2. The molecule has 0 aromatic heterocycles. The molecule has 2 atom stereocenters. The minimum Gasteiger partial charge on any atom is -0.462 e. The van der Waals surface area contributed by atoms with E-state index < -0.39 is 26.5 Å². The SMILES string of the molecule is CCCCCCC=CCCCCCCCCCC(=O)OC[C@H](COP(=O)(O)OCCN)OC(=O)CCCCCCCCCCCC=CCCCCCCCC. The van der Waals surface area contributed by atoms with E-state index in [-0.39, 0.29) is 38.6 Å². The number of hydrogen-bond acceptors (Lipinski definition) is 8. The average Bonchev–Trinajstić information content (AvgIpc) is 3.17. The van der Waals surface area contributed by atoms with Crippen LogP contribution in [0.25, 0.3) is 0 Å². The van der Waals surface area contributed by atoms with Gasteiger partial charge in [-0.15, -0.1) is 0 Å². The summed E-state index contributed by atoms with van der Waals surface area (Å²) < 4.78 is 32.8. The van der Waals surface area contributed by atoms with Crippen molar-refractivity contribution in [3.63, 3.8) is 0 Å². The van der Waals surface area contributed by atoms with Crippen molar-refractivity contribution in [1.82, 2.24) is 0 Å². The van der Waals surface area contributed by atoms with Crippen molar-refractivity contribution >= 4 is 19.8 Å². The Kier molecular flexibility index (Phi) is 40.9. The molecule has 0 bridgehead atoms. The topological polar surface area (TPSA) is 134 Å². The van der Waals surface area contributed by atoms with E-state index >= 15 is 0 Å². The third-order valence-electron chi connectivity index (χ3n) is 9.81. The fraction of sp³-hybridized carbons (Fsp3) is 0.867. The molecule has 3 N–H and O–H groups in total. The number of phosphoric ester groups is 1. The molecule has 0 aromatic carbocycles. The summed E-state index contributed by atoms with van der Waals surface area (Å²) in [5, 5.41) is 0. The molecule has 0 fully saturated rings. The third-order valence-corrected chi connectivity index (χ3v) is 10.8. The van der Waals surface area contributed by atoms with Crippen molar-refractivity contribution in [3.05, 3.63) is 24.3 Å². The lowest BCUT2D eigenvalue weighted by atomic mass is 10.1. The van der Waals surface area contributed by atoms with Crippen LogP contribution in [0.4, 0.5) is 0 Å². The van der Waals surface area contributed by atoms with Gasteiger partial charge in [-0.05, 0) is 64.2 Å². The van der Waals surface area contributed by atoms with Crippen molar-refractivity contribution in [3.8, 4) is 0 Å². The number of allylic oxidation sites excluding steroid dienone is 4. The van der Waals surface area contributed by atoms with E-state index in [1.165, 1.54) is 135 Å². The lowest BCUT2D eigenvalue weighted by Crippen LogP contribution is -2.29. The molecule has 0 aliphatic carbocycles. The van der Waals surface area contributed by atoms with E-state index in [2.05, 4.69) is 38.2 Å². The number of unbranched alkanes of at least 4 members (excludes halogenated alkanes) is 26. The Balaban J connectivity index is 4.10. The summed E-state index contributed by atoms with van der Waals surface area (Å²) in [6.07, 6.45) is 44.9. The predicted molar refractivity (Wildman–Crippen MR) is 229 cm³/mol. The molecule has 324 valence electrons. The molecule has 0 aliphatic rings. The average molecular weight is 800 g/mol. The zero-order valence-electron chi connectivity index (χ0n) is 35.7. The Bertz CT molecular complexity index is 959. The molecule has 10 heteroatoms. The van der Waals surface area contributed by atoms with Crippen molar-refractivity contribution < 1.29 is 37.6 Å². The van der Waals surface area contributed by atoms with Gasteiger partial charge in [0.2, 0.25) is 0 Å². The number of carbonyl (C=O) groups is 2. The maximum absolute atomic E-state index is 12.6. The molecule has 55 heavy (non-hydrogen) atoms. The molecule has 0 saturated carbocycles. The Morgan fingerprint density at radius 2 is 0.891 bits per heavy atom. The molecule has 0 amide bonds. The van der Waals surface area contributed by atoms with Gasteiger partial charge in [0.15, 0.2) is 6.10 Å². The maximum atomic E-state index is 12.6. The summed E-state index contributed by atoms with van der Waals surface area (Å²) in [4.78, 5) is 34.9. The number of ether oxygens (including phenoxy) is 2. The van der Waals surface area contributed by atoms with Gasteiger partial charge in [-0.1, -0.05) is 167 Å². The maximum Gasteiger partial charge on any atom is 0.472 e. The second kappa shape index (κ2) is 42.1. The summed E-state index contributed by atoms with van der Waals surface area (Å²) in [7, 11) is -4.38. The third kappa shape index (κ3) is 41.9. The van der Waals surface area contributed by atoms with Crippen LogP contribution in [0, 0.1) is 0 Å². The van der Waals surface area contributed by atoms with E-state index in [1.807, 2.05) is 0 Å². The number of rotatable bonds is 43. The molecule has 0 heterocycles. The van der Waals surface area contributed by atoms with Crippen molar-refractivity contribution in [1.29, 1.82) is 0 Å². The molecule has 0 saturated heterocycles. The van der Waals surface area contributed by atoms with Gasteiger partial charge in [-0.2, -0.15) is 0 Å². The highest BCUT2D eigenvalue weighted by atomic mass is 31.2. The molecule has 0 radical (unpaired) electrons. The van der Waals surface area contributed by atoms with Crippen LogP contribution in [0.1, 0.15) is 219 Å². The van der Waals surface area contributed by atoms with Gasteiger partial charge >= 0.3 is 19.8 Å². The Labute approximate surface area is 338 Å². The number of nitrogens with two attached hydrogens (primary N) is 1. The highest BCUT2D eigenvalue weighted by Gasteiger charge is 2.26. The minimum absolute atomic E-state index is 0.0537. The van der Waals surface area contributed by atoms with Crippen LogP contribution >= 0.6 is 7.82 Å². The zero-order valence-corrected chi connectivity index (χ0v) is 36.6. The van der Waals surface area contributed by atoms with Crippen molar-refractivity contribution in [2.75, 3.05) is 26.4 Å². The monoisotopic (exact) mass is 800 g/mol. The summed E-state index contributed by atoms with van der Waals surface area (Å²) in [5.41, 5.74) is 5.35. The molecule has 1 unspecified atom stereocenters. The quantitative estimate of drug-likeness (QED) is 0.0267. The molecule has 0 spiro atoms. The highest BCUT2D eigenvalue weighted by molar-refractivity contribution is 7.47. The van der Waals surface area contributed by atoms with Crippen LogP contribution in [0.3, 0.4) is 0 Å². The van der Waals surface area contributed by atoms with E-state index in [1.54, 1.807) is 0 Å². The Morgan fingerprint density at radius 3 is 1.31 bits per heavy atom. The zero-order chi connectivity index (χ0) is 40.3. The van der Waals surface area contributed by atoms with Gasteiger partial charge < -0.3 is 20.1 Å². The predicted octanol–water partition coefficient (Wildman–Crippen LogP) is 13.2. The van der Waals surface area contributed by atoms with Crippen LogP contribution < -0.4 is 5.73 Å². The second-order valence-corrected chi connectivity index (χ2v) is 16.7. The van der Waals surface area contributed by atoms with Crippen LogP contribution in [0.2, 0.25) is 0 Å². The van der Waals surface area contributed by atoms with Gasteiger partial charge in [0.25, 0.3) is 0 Å². The molecule has 0 aromatic rings. The van der Waals surface area contributed by atoms with Crippen LogP contribution in [0.5, 0.6) is 0 Å². The minimum atomic E-state index is -4.38. The van der Waals surface area contributed by atoms with Gasteiger partial charge in [-0.25, -0.2) is 4.57 Å². The summed E-state index contributed by atoms with van der Waals surface area (Å²) in [6.45, 7) is 3.73. The molecule has 9 nitrogen and oxygen atoms in total. The van der Waals surface area contributed by atoms with E-state index in [4.69, 9.17) is 24.3 Å². The summed E-state index contributed by atoms with van der Waals surface area (Å²) in [5.74, 6) is -0.829. The number of carbonyl (C=O) groups excluding carboxylic acids is 2. The molecule has 0 aliphatic heterocycles. The normalized spacial score (nSPS) is 13.5. The Hall–Kier alpha value is -1.51. The van der Waals surface area contributed by atoms with Gasteiger partial charge in [0.1, 0.15) is 6.61 Å². The van der Waals surface area contributed by atoms with Crippen LogP contribution in [-0.2, 0) is 32.7 Å². The summed E-state index contributed by atoms with van der Waals surface area (Å²) >= 11 is 0. The lowest BCUT2D eigenvalue weighted by molar-refractivity contribution is -0.161. The van der Waals surface area contributed by atoms with E-state index in [0.29, 0.717) is 6.42 Å². The lowest BCUT2D eigenvalue weighted by Gasteiger charge is -2.19. The fourth-order valence-electron chi connectivity index (χ4n) is 6.39.